The molecule has 2 aromatic rings. The summed E-state index contributed by atoms with van der Waals surface area (Å²) in [7, 11) is 1.96. The largest absolute Gasteiger partial charge is 0.282 e. The van der Waals surface area contributed by atoms with Gasteiger partial charge in [-0.1, -0.05) is 20.8 Å². The fraction of sp³-hybridized carbons (Fsp3) is 0.600. The SMILES string of the molecule is CCc1n[nH]c(C)c1C.Cc1cn(C)nc1C(C)C. The van der Waals surface area contributed by atoms with Crippen LogP contribution < -0.4 is 0 Å². The van der Waals surface area contributed by atoms with Crippen LogP contribution >= 0.6 is 0 Å². The molecule has 2 heterocycles. The maximum Gasteiger partial charge on any atom is 0.0678 e. The molecular weight excluding hydrogens is 236 g/mol. The zero-order chi connectivity index (χ0) is 14.6. The molecule has 0 saturated carbocycles. The average molecular weight is 262 g/mol. The van der Waals surface area contributed by atoms with Crippen molar-refractivity contribution in [1.82, 2.24) is 20.0 Å². The van der Waals surface area contributed by atoms with Crippen LogP contribution in [0, 0.1) is 20.8 Å². The minimum Gasteiger partial charge on any atom is -0.282 e. The first-order valence-corrected chi connectivity index (χ1v) is 6.87. The van der Waals surface area contributed by atoms with Crippen LogP contribution in [0.1, 0.15) is 54.9 Å². The van der Waals surface area contributed by atoms with E-state index in [9.17, 15) is 0 Å². The van der Waals surface area contributed by atoms with Crippen LogP contribution in [-0.2, 0) is 13.5 Å². The van der Waals surface area contributed by atoms with Crippen molar-refractivity contribution in [2.75, 3.05) is 0 Å². The molecule has 0 saturated heterocycles. The molecule has 0 fully saturated rings. The molecule has 0 atom stereocenters. The number of nitrogens with zero attached hydrogens (tertiary/aromatic N) is 3. The van der Waals surface area contributed by atoms with Gasteiger partial charge in [0.1, 0.15) is 0 Å². The van der Waals surface area contributed by atoms with Crippen LogP contribution in [0.4, 0.5) is 0 Å². The third-order valence-electron chi connectivity index (χ3n) is 3.29. The quantitative estimate of drug-likeness (QED) is 0.901. The third-order valence-corrected chi connectivity index (χ3v) is 3.29. The molecule has 0 amide bonds. The first-order valence-electron chi connectivity index (χ1n) is 6.87. The van der Waals surface area contributed by atoms with Gasteiger partial charge in [-0.05, 0) is 44.2 Å². The molecule has 1 N–H and O–H groups in total. The van der Waals surface area contributed by atoms with Crippen molar-refractivity contribution in [1.29, 1.82) is 0 Å². The molecule has 0 radical (unpaired) electrons. The molecule has 2 aromatic heterocycles. The Labute approximate surface area is 116 Å². The Morgan fingerprint density at radius 2 is 1.89 bits per heavy atom. The van der Waals surface area contributed by atoms with E-state index in [-0.39, 0.29) is 0 Å². The Balaban J connectivity index is 0.000000191. The van der Waals surface area contributed by atoms with E-state index < -0.39 is 0 Å². The zero-order valence-corrected chi connectivity index (χ0v) is 13.2. The van der Waals surface area contributed by atoms with Crippen molar-refractivity contribution in [3.8, 4) is 0 Å². The number of rotatable bonds is 2. The van der Waals surface area contributed by atoms with E-state index in [4.69, 9.17) is 0 Å². The van der Waals surface area contributed by atoms with Gasteiger partial charge in [-0.3, -0.25) is 9.78 Å². The zero-order valence-electron chi connectivity index (χ0n) is 13.2. The second-order valence-corrected chi connectivity index (χ2v) is 5.30. The lowest BCUT2D eigenvalue weighted by molar-refractivity contribution is 0.712. The Morgan fingerprint density at radius 1 is 1.26 bits per heavy atom. The normalized spacial score (nSPS) is 10.5. The number of H-pyrrole nitrogens is 1. The molecule has 0 aromatic carbocycles. The number of aromatic amines is 1. The molecule has 0 aliphatic heterocycles. The molecule has 0 bridgehead atoms. The number of aromatic nitrogens is 4. The molecule has 0 spiro atoms. The van der Waals surface area contributed by atoms with Crippen LogP contribution in [-0.4, -0.2) is 20.0 Å². The predicted octanol–water partition coefficient (Wildman–Crippen LogP) is 3.44. The highest BCUT2D eigenvalue weighted by atomic mass is 15.3. The fourth-order valence-corrected chi connectivity index (χ4v) is 2.07. The number of hydrogen-bond donors (Lipinski definition) is 1. The van der Waals surface area contributed by atoms with E-state index in [2.05, 4.69) is 56.1 Å². The molecule has 4 heteroatoms. The molecule has 0 aliphatic rings. The van der Waals surface area contributed by atoms with Crippen LogP contribution in [0.2, 0.25) is 0 Å². The van der Waals surface area contributed by atoms with E-state index in [1.54, 1.807) is 0 Å². The van der Waals surface area contributed by atoms with Gasteiger partial charge in [-0.15, -0.1) is 0 Å². The summed E-state index contributed by atoms with van der Waals surface area (Å²) in [5.41, 5.74) is 6.18. The number of nitrogens with one attached hydrogen (secondary N) is 1. The lowest BCUT2D eigenvalue weighted by Crippen LogP contribution is -1.93. The number of hydrogen-bond acceptors (Lipinski definition) is 2. The topological polar surface area (TPSA) is 46.5 Å². The lowest BCUT2D eigenvalue weighted by atomic mass is 10.1. The summed E-state index contributed by atoms with van der Waals surface area (Å²) >= 11 is 0. The van der Waals surface area contributed by atoms with E-state index in [0.29, 0.717) is 5.92 Å². The van der Waals surface area contributed by atoms with Crippen molar-refractivity contribution in [3.63, 3.8) is 0 Å². The summed E-state index contributed by atoms with van der Waals surface area (Å²) in [5.74, 6) is 0.543. The minimum absolute atomic E-state index is 0.543. The monoisotopic (exact) mass is 262 g/mol. The van der Waals surface area contributed by atoms with Crippen LogP contribution in [0.5, 0.6) is 0 Å². The van der Waals surface area contributed by atoms with E-state index in [0.717, 1.165) is 6.42 Å². The number of aryl methyl sites for hydroxylation is 4. The Hall–Kier alpha value is -1.58. The summed E-state index contributed by atoms with van der Waals surface area (Å²) in [6, 6.07) is 0. The predicted molar refractivity (Wildman–Crippen MR) is 79.5 cm³/mol. The maximum atomic E-state index is 4.33. The third kappa shape index (κ3) is 3.94. The van der Waals surface area contributed by atoms with E-state index >= 15 is 0 Å². The van der Waals surface area contributed by atoms with Gasteiger partial charge < -0.3 is 0 Å². The lowest BCUT2D eigenvalue weighted by Gasteiger charge is -1.98. The van der Waals surface area contributed by atoms with Gasteiger partial charge >= 0.3 is 0 Å². The Bertz CT molecular complexity index is 520. The first-order chi connectivity index (χ1) is 8.86. The van der Waals surface area contributed by atoms with Crippen LogP contribution in [0.3, 0.4) is 0 Å². The van der Waals surface area contributed by atoms with Crippen molar-refractivity contribution in [2.45, 2.75) is 53.9 Å². The van der Waals surface area contributed by atoms with Gasteiger partial charge in [-0.2, -0.15) is 10.2 Å². The fourth-order valence-electron chi connectivity index (χ4n) is 2.07. The molecule has 2 rings (SSSR count). The standard InChI is InChI=1S/C8H14N2.C7H12N2/c1-6(2)8-7(3)5-10(4)9-8;1-4-7-5(2)6(3)8-9-7/h5-6H,1-4H3;4H2,1-3H3,(H,8,9). The van der Waals surface area contributed by atoms with Crippen LogP contribution in [0.25, 0.3) is 0 Å². The van der Waals surface area contributed by atoms with Crippen molar-refractivity contribution in [2.24, 2.45) is 7.05 Å². The van der Waals surface area contributed by atoms with Crippen molar-refractivity contribution < 1.29 is 0 Å². The second kappa shape index (κ2) is 6.55. The highest BCUT2D eigenvalue weighted by Gasteiger charge is 2.05. The average Bonchev–Trinajstić information content (AvgIpc) is 2.84. The van der Waals surface area contributed by atoms with E-state index in [1.165, 1.54) is 28.2 Å². The first kappa shape index (κ1) is 15.5. The summed E-state index contributed by atoms with van der Waals surface area (Å²) in [6.45, 7) is 12.7. The second-order valence-electron chi connectivity index (χ2n) is 5.30. The highest BCUT2D eigenvalue weighted by molar-refractivity contribution is 5.21. The van der Waals surface area contributed by atoms with Gasteiger partial charge in [0.05, 0.1) is 11.4 Å². The Kier molecular flexibility index (Phi) is 5.33. The van der Waals surface area contributed by atoms with Gasteiger partial charge in [-0.25, -0.2) is 0 Å². The van der Waals surface area contributed by atoms with E-state index in [1.807, 2.05) is 18.7 Å². The summed E-state index contributed by atoms with van der Waals surface area (Å²) in [5, 5.41) is 11.4. The summed E-state index contributed by atoms with van der Waals surface area (Å²) in [4.78, 5) is 0. The highest BCUT2D eigenvalue weighted by Crippen LogP contribution is 2.15. The molecule has 0 unspecified atom stereocenters. The molecule has 106 valence electrons. The molecule has 4 nitrogen and oxygen atoms in total. The minimum atomic E-state index is 0.543. The molecule has 0 aliphatic carbocycles. The van der Waals surface area contributed by atoms with Gasteiger partial charge in [0, 0.05) is 18.9 Å². The molecule has 19 heavy (non-hydrogen) atoms. The summed E-state index contributed by atoms with van der Waals surface area (Å²) in [6.07, 6.45) is 3.07. The van der Waals surface area contributed by atoms with Gasteiger partial charge in [0.25, 0.3) is 0 Å². The van der Waals surface area contributed by atoms with Crippen molar-refractivity contribution >= 4 is 0 Å². The summed E-state index contributed by atoms with van der Waals surface area (Å²) < 4.78 is 1.87. The Morgan fingerprint density at radius 3 is 2.11 bits per heavy atom. The molecular formula is C15H26N4. The van der Waals surface area contributed by atoms with Gasteiger partial charge in [0.15, 0.2) is 0 Å². The smallest absolute Gasteiger partial charge is 0.0678 e. The van der Waals surface area contributed by atoms with Gasteiger partial charge in [0.2, 0.25) is 0 Å². The maximum absolute atomic E-state index is 4.33. The van der Waals surface area contributed by atoms with Crippen LogP contribution in [0.15, 0.2) is 6.20 Å². The van der Waals surface area contributed by atoms with Crippen molar-refractivity contribution in [3.05, 3.63) is 34.4 Å².